The van der Waals surface area contributed by atoms with Crippen molar-refractivity contribution in [3.63, 3.8) is 0 Å². The molecule has 1 atom stereocenters. The first-order valence-corrected chi connectivity index (χ1v) is 8.80. The van der Waals surface area contributed by atoms with Gasteiger partial charge in [0, 0.05) is 12.6 Å². The van der Waals surface area contributed by atoms with Crippen molar-refractivity contribution < 1.29 is 4.74 Å². The van der Waals surface area contributed by atoms with E-state index in [1.165, 1.54) is 32.1 Å². The maximum atomic E-state index is 5.83. The Balaban J connectivity index is 2.42. The molecule has 1 saturated carbocycles. The summed E-state index contributed by atoms with van der Waals surface area (Å²) >= 11 is 0. The van der Waals surface area contributed by atoms with Gasteiger partial charge in [0.05, 0.1) is 6.61 Å². The molecule has 0 amide bonds. The van der Waals surface area contributed by atoms with Crippen LogP contribution in [0.2, 0.25) is 0 Å². The van der Waals surface area contributed by atoms with Crippen LogP contribution in [-0.2, 0) is 4.74 Å². The molecule has 0 aliphatic heterocycles. The van der Waals surface area contributed by atoms with E-state index in [0.717, 1.165) is 38.0 Å². The molecule has 0 spiro atoms. The van der Waals surface area contributed by atoms with Crippen LogP contribution in [0.15, 0.2) is 0 Å². The smallest absolute Gasteiger partial charge is 0.0622 e. The van der Waals surface area contributed by atoms with E-state index < -0.39 is 0 Å². The number of rotatable bonds is 8. The van der Waals surface area contributed by atoms with E-state index in [9.17, 15) is 0 Å². The van der Waals surface area contributed by atoms with Gasteiger partial charge in [0.2, 0.25) is 0 Å². The van der Waals surface area contributed by atoms with Crippen molar-refractivity contribution in [1.82, 2.24) is 5.32 Å². The van der Waals surface area contributed by atoms with Crippen molar-refractivity contribution in [2.75, 3.05) is 19.8 Å². The summed E-state index contributed by atoms with van der Waals surface area (Å²) in [6, 6.07) is 0.572. The van der Waals surface area contributed by atoms with Crippen molar-refractivity contribution in [2.24, 2.45) is 17.3 Å². The van der Waals surface area contributed by atoms with E-state index in [1.807, 2.05) is 0 Å². The molecule has 120 valence electrons. The Morgan fingerprint density at radius 2 is 1.70 bits per heavy atom. The molecule has 0 heterocycles. The molecular weight excluding hydrogens is 246 g/mol. The number of hydrogen-bond acceptors (Lipinski definition) is 2. The molecule has 0 saturated heterocycles. The third kappa shape index (κ3) is 6.13. The predicted octanol–water partition coefficient (Wildman–Crippen LogP) is 4.63. The summed E-state index contributed by atoms with van der Waals surface area (Å²) in [7, 11) is 0. The summed E-state index contributed by atoms with van der Waals surface area (Å²) in [6.07, 6.45) is 7.87. The second-order valence-electron chi connectivity index (χ2n) is 7.61. The van der Waals surface area contributed by atoms with Crippen LogP contribution in [0.3, 0.4) is 0 Å². The Morgan fingerprint density at radius 3 is 2.20 bits per heavy atom. The van der Waals surface area contributed by atoms with Gasteiger partial charge >= 0.3 is 0 Å². The molecule has 1 unspecified atom stereocenters. The van der Waals surface area contributed by atoms with Crippen molar-refractivity contribution in [1.29, 1.82) is 0 Å². The molecule has 2 nitrogen and oxygen atoms in total. The van der Waals surface area contributed by atoms with Crippen molar-refractivity contribution in [3.05, 3.63) is 0 Å². The molecule has 20 heavy (non-hydrogen) atoms. The monoisotopic (exact) mass is 283 g/mol. The topological polar surface area (TPSA) is 21.3 Å². The van der Waals surface area contributed by atoms with Crippen LogP contribution in [0.4, 0.5) is 0 Å². The van der Waals surface area contributed by atoms with Crippen molar-refractivity contribution in [2.45, 2.75) is 79.2 Å². The van der Waals surface area contributed by atoms with Gasteiger partial charge in [-0.05, 0) is 62.3 Å². The van der Waals surface area contributed by atoms with Crippen LogP contribution in [0.25, 0.3) is 0 Å². The highest BCUT2D eigenvalue weighted by Crippen LogP contribution is 2.40. The molecule has 1 aliphatic rings. The highest BCUT2D eigenvalue weighted by atomic mass is 16.5. The van der Waals surface area contributed by atoms with Gasteiger partial charge in [-0.15, -0.1) is 0 Å². The fraction of sp³-hybridized carbons (Fsp3) is 1.00. The van der Waals surface area contributed by atoms with Crippen LogP contribution >= 0.6 is 0 Å². The zero-order valence-electron chi connectivity index (χ0n) is 14.5. The molecule has 1 N–H and O–H groups in total. The summed E-state index contributed by atoms with van der Waals surface area (Å²) in [6.45, 7) is 14.6. The van der Waals surface area contributed by atoms with E-state index in [1.54, 1.807) is 0 Å². The molecule has 0 bridgehead atoms. The Hall–Kier alpha value is -0.0800. The number of ether oxygens (including phenoxy) is 1. The quantitative estimate of drug-likeness (QED) is 0.656. The second kappa shape index (κ2) is 9.04. The molecule has 0 aromatic heterocycles. The molecule has 0 aromatic carbocycles. The molecular formula is C18H37NO. The minimum absolute atomic E-state index is 0.482. The summed E-state index contributed by atoms with van der Waals surface area (Å²) in [5, 5.41) is 3.73. The van der Waals surface area contributed by atoms with Gasteiger partial charge in [-0.1, -0.05) is 34.6 Å². The normalized spacial score (nSPS) is 25.6. The first-order chi connectivity index (χ1) is 9.49. The zero-order chi connectivity index (χ0) is 15.0. The van der Waals surface area contributed by atoms with Crippen LogP contribution in [0, 0.1) is 17.3 Å². The van der Waals surface area contributed by atoms with Crippen molar-refractivity contribution >= 4 is 0 Å². The van der Waals surface area contributed by atoms with E-state index in [4.69, 9.17) is 4.74 Å². The minimum atomic E-state index is 0.482. The fourth-order valence-corrected chi connectivity index (χ4v) is 3.43. The summed E-state index contributed by atoms with van der Waals surface area (Å²) in [5.41, 5.74) is 0.482. The van der Waals surface area contributed by atoms with Crippen molar-refractivity contribution in [3.8, 4) is 0 Å². The maximum Gasteiger partial charge on any atom is 0.0622 e. The van der Waals surface area contributed by atoms with Crippen LogP contribution < -0.4 is 5.32 Å². The van der Waals surface area contributed by atoms with Gasteiger partial charge in [0.1, 0.15) is 0 Å². The molecule has 1 fully saturated rings. The third-order valence-electron chi connectivity index (χ3n) is 4.87. The molecule has 2 heteroatoms. The highest BCUT2D eigenvalue weighted by Gasteiger charge is 2.32. The molecule has 0 radical (unpaired) electrons. The SMILES string of the molecule is CCCNC(COCCC)C1CCC(C(C)(C)C)CC1. The van der Waals surface area contributed by atoms with Gasteiger partial charge in [-0.25, -0.2) is 0 Å². The lowest BCUT2D eigenvalue weighted by Gasteiger charge is -2.39. The van der Waals surface area contributed by atoms with Crippen LogP contribution in [0.1, 0.15) is 73.1 Å². The Kier molecular flexibility index (Phi) is 8.13. The Labute approximate surface area is 127 Å². The Morgan fingerprint density at radius 1 is 1.05 bits per heavy atom. The lowest BCUT2D eigenvalue weighted by molar-refractivity contribution is 0.0681. The summed E-state index contributed by atoms with van der Waals surface area (Å²) < 4.78 is 5.83. The minimum Gasteiger partial charge on any atom is -0.380 e. The lowest BCUT2D eigenvalue weighted by Crippen LogP contribution is -2.43. The molecule has 0 aromatic rings. The van der Waals surface area contributed by atoms with E-state index in [-0.39, 0.29) is 0 Å². The van der Waals surface area contributed by atoms with Crippen LogP contribution in [-0.4, -0.2) is 25.8 Å². The first-order valence-electron chi connectivity index (χ1n) is 8.80. The lowest BCUT2D eigenvalue weighted by atomic mass is 9.68. The van der Waals surface area contributed by atoms with E-state index in [0.29, 0.717) is 11.5 Å². The average Bonchev–Trinajstić information content (AvgIpc) is 2.42. The van der Waals surface area contributed by atoms with Gasteiger partial charge in [-0.3, -0.25) is 0 Å². The standard InChI is InChI=1S/C18H37NO/c1-6-12-19-17(14-20-13-7-2)15-8-10-16(11-9-15)18(3,4)5/h15-17,19H,6-14H2,1-5H3. The van der Waals surface area contributed by atoms with E-state index in [2.05, 4.69) is 39.9 Å². The number of hydrogen-bond donors (Lipinski definition) is 1. The van der Waals surface area contributed by atoms with Gasteiger partial charge < -0.3 is 10.1 Å². The zero-order valence-corrected chi connectivity index (χ0v) is 14.5. The van der Waals surface area contributed by atoms with Crippen LogP contribution in [0.5, 0.6) is 0 Å². The van der Waals surface area contributed by atoms with E-state index >= 15 is 0 Å². The number of nitrogens with one attached hydrogen (secondary N) is 1. The van der Waals surface area contributed by atoms with Gasteiger partial charge in [-0.2, -0.15) is 0 Å². The third-order valence-corrected chi connectivity index (χ3v) is 4.87. The summed E-state index contributed by atoms with van der Waals surface area (Å²) in [5.74, 6) is 1.72. The predicted molar refractivity (Wildman–Crippen MR) is 88.1 cm³/mol. The maximum absolute atomic E-state index is 5.83. The second-order valence-corrected chi connectivity index (χ2v) is 7.61. The van der Waals surface area contributed by atoms with Gasteiger partial charge in [0.25, 0.3) is 0 Å². The molecule has 1 aliphatic carbocycles. The van der Waals surface area contributed by atoms with Gasteiger partial charge in [0.15, 0.2) is 0 Å². The Bertz CT molecular complexity index is 238. The summed E-state index contributed by atoms with van der Waals surface area (Å²) in [4.78, 5) is 0. The average molecular weight is 284 g/mol. The largest absolute Gasteiger partial charge is 0.380 e. The fourth-order valence-electron chi connectivity index (χ4n) is 3.43. The highest BCUT2D eigenvalue weighted by molar-refractivity contribution is 4.85. The first kappa shape index (κ1) is 18.0. The molecule has 1 rings (SSSR count).